The molecule has 0 spiro atoms. The zero-order valence-electron chi connectivity index (χ0n) is 12.0. The van der Waals surface area contributed by atoms with E-state index in [-0.39, 0.29) is 6.04 Å². The van der Waals surface area contributed by atoms with Gasteiger partial charge in [-0.25, -0.2) is 0 Å². The van der Waals surface area contributed by atoms with E-state index in [9.17, 15) is 0 Å². The smallest absolute Gasteiger partial charge is 0.119 e. The number of hydrogen-bond acceptors (Lipinski definition) is 4. The van der Waals surface area contributed by atoms with Gasteiger partial charge in [0.1, 0.15) is 5.75 Å². The van der Waals surface area contributed by atoms with E-state index in [1.807, 2.05) is 6.07 Å². The van der Waals surface area contributed by atoms with Gasteiger partial charge in [0, 0.05) is 12.5 Å². The zero-order valence-corrected chi connectivity index (χ0v) is 12.0. The van der Waals surface area contributed by atoms with E-state index in [1.165, 1.54) is 11.1 Å². The monoisotopic (exact) mass is 264 g/mol. The van der Waals surface area contributed by atoms with E-state index in [4.69, 9.17) is 15.3 Å². The molecule has 0 bridgehead atoms. The maximum atomic E-state index is 5.80. The first-order valence-electron chi connectivity index (χ1n) is 6.93. The third kappa shape index (κ3) is 2.91. The largest absolute Gasteiger partial charge is 0.497 e. The fraction of sp³-hybridized carbons (Fsp3) is 0.600. The highest BCUT2D eigenvalue weighted by Gasteiger charge is 2.34. The summed E-state index contributed by atoms with van der Waals surface area (Å²) in [4.78, 5) is 0. The van der Waals surface area contributed by atoms with Gasteiger partial charge < -0.3 is 9.47 Å². The van der Waals surface area contributed by atoms with Crippen molar-refractivity contribution >= 4 is 0 Å². The van der Waals surface area contributed by atoms with E-state index < -0.39 is 0 Å². The minimum Gasteiger partial charge on any atom is -0.497 e. The van der Waals surface area contributed by atoms with Crippen LogP contribution in [-0.4, -0.2) is 19.8 Å². The Morgan fingerprint density at radius 3 is 2.89 bits per heavy atom. The molecule has 3 unspecified atom stereocenters. The van der Waals surface area contributed by atoms with E-state index in [2.05, 4.69) is 31.4 Å². The summed E-state index contributed by atoms with van der Waals surface area (Å²) < 4.78 is 11.0. The quantitative estimate of drug-likeness (QED) is 0.633. The fourth-order valence-electron chi connectivity index (χ4n) is 3.04. The molecule has 0 saturated carbocycles. The number of hydrazine groups is 1. The summed E-state index contributed by atoms with van der Waals surface area (Å²) in [5.74, 6) is 7.12. The lowest BCUT2D eigenvalue weighted by Crippen LogP contribution is -2.37. The van der Waals surface area contributed by atoms with Crippen molar-refractivity contribution in [3.05, 3.63) is 29.3 Å². The van der Waals surface area contributed by atoms with E-state index in [0.717, 1.165) is 25.2 Å². The van der Waals surface area contributed by atoms with Crippen molar-refractivity contribution < 1.29 is 9.47 Å². The van der Waals surface area contributed by atoms with Gasteiger partial charge in [0.2, 0.25) is 0 Å². The molecular weight excluding hydrogens is 240 g/mol. The van der Waals surface area contributed by atoms with Crippen LogP contribution in [0.2, 0.25) is 0 Å². The van der Waals surface area contributed by atoms with Crippen LogP contribution in [0.1, 0.15) is 36.9 Å². The highest BCUT2D eigenvalue weighted by Crippen LogP contribution is 2.36. The molecule has 1 aliphatic rings. The molecule has 1 fully saturated rings. The molecular formula is C15H24N2O2. The van der Waals surface area contributed by atoms with Crippen LogP contribution in [0.4, 0.5) is 0 Å². The standard InChI is InChI=1S/C15H24N2O2/c1-4-14-13(7-8-19-14)15(17-16)12-6-5-11(18-3)9-10(12)2/h5-6,9,13-15,17H,4,7-8,16H2,1-3H3. The highest BCUT2D eigenvalue weighted by atomic mass is 16.5. The average molecular weight is 264 g/mol. The molecule has 1 aromatic rings. The molecule has 1 aromatic carbocycles. The zero-order chi connectivity index (χ0) is 13.8. The van der Waals surface area contributed by atoms with Crippen LogP contribution in [0.25, 0.3) is 0 Å². The Balaban J connectivity index is 2.26. The Hall–Kier alpha value is -1.10. The number of rotatable bonds is 5. The van der Waals surface area contributed by atoms with Crippen molar-refractivity contribution in [2.24, 2.45) is 11.8 Å². The third-order valence-electron chi connectivity index (χ3n) is 4.08. The van der Waals surface area contributed by atoms with Crippen LogP contribution in [0, 0.1) is 12.8 Å². The molecule has 0 aliphatic carbocycles. The number of nitrogens with one attached hydrogen (secondary N) is 1. The second-order valence-corrected chi connectivity index (χ2v) is 5.14. The molecule has 4 heteroatoms. The molecule has 1 heterocycles. The van der Waals surface area contributed by atoms with Gasteiger partial charge in [0.25, 0.3) is 0 Å². The molecule has 1 saturated heterocycles. The van der Waals surface area contributed by atoms with Gasteiger partial charge in [0.15, 0.2) is 0 Å². The lowest BCUT2D eigenvalue weighted by Gasteiger charge is -2.28. The average Bonchev–Trinajstić information content (AvgIpc) is 2.89. The fourth-order valence-corrected chi connectivity index (χ4v) is 3.04. The van der Waals surface area contributed by atoms with Gasteiger partial charge in [-0.05, 0) is 43.0 Å². The number of ether oxygens (including phenoxy) is 2. The first kappa shape index (κ1) is 14.3. The molecule has 106 valence electrons. The van der Waals surface area contributed by atoms with Gasteiger partial charge in [-0.15, -0.1) is 0 Å². The molecule has 1 aliphatic heterocycles. The second kappa shape index (κ2) is 6.37. The maximum absolute atomic E-state index is 5.80. The van der Waals surface area contributed by atoms with Crippen molar-refractivity contribution in [1.82, 2.24) is 5.43 Å². The van der Waals surface area contributed by atoms with Gasteiger partial charge in [0.05, 0.1) is 19.3 Å². The third-order valence-corrected chi connectivity index (χ3v) is 4.08. The van der Waals surface area contributed by atoms with Crippen LogP contribution in [-0.2, 0) is 4.74 Å². The van der Waals surface area contributed by atoms with Crippen molar-refractivity contribution in [3.8, 4) is 5.75 Å². The Kier molecular flexibility index (Phi) is 4.80. The highest BCUT2D eigenvalue weighted by molar-refractivity contribution is 5.37. The summed E-state index contributed by atoms with van der Waals surface area (Å²) in [5, 5.41) is 0. The number of benzene rings is 1. The van der Waals surface area contributed by atoms with Gasteiger partial charge in [-0.3, -0.25) is 11.3 Å². The molecule has 19 heavy (non-hydrogen) atoms. The Morgan fingerprint density at radius 2 is 2.32 bits per heavy atom. The van der Waals surface area contributed by atoms with E-state index in [0.29, 0.717) is 12.0 Å². The van der Waals surface area contributed by atoms with Crippen molar-refractivity contribution in [2.75, 3.05) is 13.7 Å². The summed E-state index contributed by atoms with van der Waals surface area (Å²) in [6.45, 7) is 5.09. The second-order valence-electron chi connectivity index (χ2n) is 5.14. The van der Waals surface area contributed by atoms with Crippen molar-refractivity contribution in [3.63, 3.8) is 0 Å². The molecule has 3 N–H and O–H groups in total. The summed E-state index contributed by atoms with van der Waals surface area (Å²) >= 11 is 0. The summed E-state index contributed by atoms with van der Waals surface area (Å²) in [7, 11) is 1.69. The topological polar surface area (TPSA) is 56.5 Å². The minimum atomic E-state index is 0.137. The molecule has 2 rings (SSSR count). The lowest BCUT2D eigenvalue weighted by atomic mass is 9.85. The number of aryl methyl sites for hydroxylation is 1. The first-order chi connectivity index (χ1) is 9.21. The Labute approximate surface area is 115 Å². The van der Waals surface area contributed by atoms with Crippen LogP contribution in [0.15, 0.2) is 18.2 Å². The number of nitrogens with two attached hydrogens (primary N) is 1. The number of hydrogen-bond donors (Lipinski definition) is 2. The SMILES string of the molecule is CCC1OCCC1C(NN)c1ccc(OC)cc1C. The predicted octanol–water partition coefficient (Wildman–Crippen LogP) is 2.32. The van der Waals surface area contributed by atoms with Crippen LogP contribution < -0.4 is 16.0 Å². The first-order valence-corrected chi connectivity index (χ1v) is 6.93. The number of methoxy groups -OCH3 is 1. The van der Waals surface area contributed by atoms with E-state index >= 15 is 0 Å². The minimum absolute atomic E-state index is 0.137. The molecule has 0 amide bonds. The molecule has 0 aromatic heterocycles. The normalized spacial score (nSPS) is 24.4. The Bertz CT molecular complexity index is 423. The molecule has 0 radical (unpaired) electrons. The van der Waals surface area contributed by atoms with Gasteiger partial charge in [-0.1, -0.05) is 13.0 Å². The summed E-state index contributed by atoms with van der Waals surface area (Å²) in [6.07, 6.45) is 2.37. The van der Waals surface area contributed by atoms with Crippen LogP contribution in [0.3, 0.4) is 0 Å². The summed E-state index contributed by atoms with van der Waals surface area (Å²) in [5.41, 5.74) is 5.41. The lowest BCUT2D eigenvalue weighted by molar-refractivity contribution is 0.0773. The van der Waals surface area contributed by atoms with Crippen LogP contribution in [0.5, 0.6) is 5.75 Å². The van der Waals surface area contributed by atoms with Crippen LogP contribution >= 0.6 is 0 Å². The predicted molar refractivity (Wildman–Crippen MR) is 75.9 cm³/mol. The molecule has 3 atom stereocenters. The summed E-state index contributed by atoms with van der Waals surface area (Å²) in [6, 6.07) is 6.28. The van der Waals surface area contributed by atoms with Gasteiger partial charge >= 0.3 is 0 Å². The van der Waals surface area contributed by atoms with Gasteiger partial charge in [-0.2, -0.15) is 0 Å². The maximum Gasteiger partial charge on any atom is 0.119 e. The van der Waals surface area contributed by atoms with Crippen molar-refractivity contribution in [2.45, 2.75) is 38.8 Å². The Morgan fingerprint density at radius 1 is 1.53 bits per heavy atom. The van der Waals surface area contributed by atoms with Crippen molar-refractivity contribution in [1.29, 1.82) is 0 Å². The van der Waals surface area contributed by atoms with E-state index in [1.54, 1.807) is 7.11 Å². The molecule has 4 nitrogen and oxygen atoms in total.